The molecular weight excluding hydrogens is 208 g/mol. The summed E-state index contributed by atoms with van der Waals surface area (Å²) in [7, 11) is 0. The van der Waals surface area contributed by atoms with Gasteiger partial charge >= 0.3 is 0 Å². The molecule has 17 heavy (non-hydrogen) atoms. The molecule has 2 nitrogen and oxygen atoms in total. The van der Waals surface area contributed by atoms with Crippen LogP contribution in [-0.4, -0.2) is 5.54 Å². The fraction of sp³-hybridized carbons (Fsp3) is 1.00. The number of hydrazine groups is 1. The van der Waals surface area contributed by atoms with Crippen LogP contribution in [0.5, 0.6) is 0 Å². The Balaban J connectivity index is 5.86. The van der Waals surface area contributed by atoms with Crippen LogP contribution in [0.3, 0.4) is 0 Å². The van der Waals surface area contributed by atoms with E-state index in [4.69, 9.17) is 5.84 Å². The molecule has 104 valence electrons. The fourth-order valence-electron chi connectivity index (χ4n) is 4.02. The van der Waals surface area contributed by atoms with E-state index in [1.807, 2.05) is 0 Å². The number of nitrogens with two attached hydrogens (primary N) is 1. The van der Waals surface area contributed by atoms with Gasteiger partial charge in [0.2, 0.25) is 0 Å². The van der Waals surface area contributed by atoms with Crippen LogP contribution in [-0.2, 0) is 0 Å². The second-order valence-corrected chi connectivity index (χ2v) is 6.91. The molecule has 0 saturated heterocycles. The minimum Gasteiger partial charge on any atom is -0.271 e. The van der Waals surface area contributed by atoms with Gasteiger partial charge in [-0.1, -0.05) is 62.3 Å². The van der Waals surface area contributed by atoms with Gasteiger partial charge in [-0.05, 0) is 29.1 Å². The maximum absolute atomic E-state index is 6.02. The number of hydrogen-bond acceptors (Lipinski definition) is 2. The SMILES string of the molecule is CC(C)C(C)(C(C)C)C(NN)(C(C)C)C(C)C. The number of nitrogens with one attached hydrogen (secondary N) is 1. The first-order valence-corrected chi connectivity index (χ1v) is 7.06. The maximum atomic E-state index is 6.02. The average Bonchev–Trinajstić information content (AvgIpc) is 2.16. The molecule has 0 spiro atoms. The monoisotopic (exact) mass is 242 g/mol. The Morgan fingerprint density at radius 1 is 0.706 bits per heavy atom. The van der Waals surface area contributed by atoms with Gasteiger partial charge in [0, 0.05) is 5.54 Å². The fourth-order valence-corrected chi connectivity index (χ4v) is 4.02. The van der Waals surface area contributed by atoms with Crippen molar-refractivity contribution in [1.82, 2.24) is 5.43 Å². The third-order valence-electron chi connectivity index (χ3n) is 5.35. The van der Waals surface area contributed by atoms with Gasteiger partial charge in [0.15, 0.2) is 0 Å². The van der Waals surface area contributed by atoms with Gasteiger partial charge in [-0.2, -0.15) is 0 Å². The van der Waals surface area contributed by atoms with Crippen molar-refractivity contribution in [3.05, 3.63) is 0 Å². The number of hydrogen-bond donors (Lipinski definition) is 2. The first kappa shape index (κ1) is 16.9. The molecule has 0 fully saturated rings. The van der Waals surface area contributed by atoms with E-state index in [1.54, 1.807) is 0 Å². The van der Waals surface area contributed by atoms with E-state index in [9.17, 15) is 0 Å². The highest BCUT2D eigenvalue weighted by Crippen LogP contribution is 2.51. The van der Waals surface area contributed by atoms with Crippen molar-refractivity contribution in [2.24, 2.45) is 34.9 Å². The van der Waals surface area contributed by atoms with Crippen molar-refractivity contribution in [1.29, 1.82) is 0 Å². The standard InChI is InChI=1S/C15H34N2/c1-10(2)14(9,11(3)4)15(17-16,12(5)6)13(7)8/h10-13,17H,16H2,1-9H3. The Hall–Kier alpha value is -0.0800. The molecule has 0 heterocycles. The van der Waals surface area contributed by atoms with E-state index in [1.165, 1.54) is 0 Å². The largest absolute Gasteiger partial charge is 0.271 e. The van der Waals surface area contributed by atoms with Crippen LogP contribution < -0.4 is 11.3 Å². The molecule has 0 aromatic carbocycles. The zero-order valence-electron chi connectivity index (χ0n) is 13.4. The lowest BCUT2D eigenvalue weighted by Crippen LogP contribution is -2.69. The predicted octanol–water partition coefficient (Wildman–Crippen LogP) is 3.82. The van der Waals surface area contributed by atoms with E-state index in [2.05, 4.69) is 67.7 Å². The predicted molar refractivity (Wildman–Crippen MR) is 77.5 cm³/mol. The lowest BCUT2D eigenvalue weighted by molar-refractivity contribution is -0.0587. The molecule has 0 amide bonds. The van der Waals surface area contributed by atoms with Gasteiger partial charge in [0.05, 0.1) is 0 Å². The first-order valence-electron chi connectivity index (χ1n) is 7.06. The Morgan fingerprint density at radius 2 is 1.00 bits per heavy atom. The maximum Gasteiger partial charge on any atom is 0.0425 e. The van der Waals surface area contributed by atoms with E-state index in [-0.39, 0.29) is 11.0 Å². The lowest BCUT2D eigenvalue weighted by Gasteiger charge is -2.58. The molecule has 0 aromatic rings. The minimum absolute atomic E-state index is 0.0324. The second kappa shape index (κ2) is 5.71. The minimum atomic E-state index is -0.0324. The Morgan fingerprint density at radius 3 is 1.06 bits per heavy atom. The Bertz CT molecular complexity index is 213. The summed E-state index contributed by atoms with van der Waals surface area (Å²) < 4.78 is 0. The molecule has 0 atom stereocenters. The summed E-state index contributed by atoms with van der Waals surface area (Å²) in [5.74, 6) is 8.20. The summed E-state index contributed by atoms with van der Waals surface area (Å²) >= 11 is 0. The lowest BCUT2D eigenvalue weighted by atomic mass is 9.51. The molecule has 0 aromatic heterocycles. The highest BCUT2D eigenvalue weighted by Gasteiger charge is 2.54. The van der Waals surface area contributed by atoms with Crippen molar-refractivity contribution in [3.63, 3.8) is 0 Å². The molecule has 0 bridgehead atoms. The highest BCUT2D eigenvalue weighted by atomic mass is 15.3. The van der Waals surface area contributed by atoms with Crippen LogP contribution in [0.4, 0.5) is 0 Å². The van der Waals surface area contributed by atoms with Gasteiger partial charge in [-0.25, -0.2) is 0 Å². The second-order valence-electron chi connectivity index (χ2n) is 6.91. The molecular formula is C15H34N2. The van der Waals surface area contributed by atoms with Gasteiger partial charge in [-0.3, -0.25) is 11.3 Å². The van der Waals surface area contributed by atoms with E-state index in [0.29, 0.717) is 23.7 Å². The molecule has 0 saturated carbocycles. The third kappa shape index (κ3) is 2.39. The Kier molecular flexibility index (Phi) is 5.68. The van der Waals surface area contributed by atoms with Gasteiger partial charge in [0.1, 0.15) is 0 Å². The first-order chi connectivity index (χ1) is 7.58. The summed E-state index contributed by atoms with van der Waals surface area (Å²) in [6.07, 6.45) is 0. The van der Waals surface area contributed by atoms with Crippen molar-refractivity contribution in [3.8, 4) is 0 Å². The molecule has 0 aliphatic carbocycles. The van der Waals surface area contributed by atoms with Crippen LogP contribution >= 0.6 is 0 Å². The average molecular weight is 242 g/mol. The van der Waals surface area contributed by atoms with E-state index >= 15 is 0 Å². The van der Waals surface area contributed by atoms with E-state index in [0.717, 1.165) is 0 Å². The van der Waals surface area contributed by atoms with Crippen LogP contribution in [0, 0.1) is 29.1 Å². The zero-order valence-corrected chi connectivity index (χ0v) is 13.4. The zero-order chi connectivity index (χ0) is 14.0. The summed E-state index contributed by atoms with van der Waals surface area (Å²) in [6, 6.07) is 0. The van der Waals surface area contributed by atoms with Crippen molar-refractivity contribution < 1.29 is 0 Å². The van der Waals surface area contributed by atoms with Crippen LogP contribution in [0.1, 0.15) is 62.3 Å². The van der Waals surface area contributed by atoms with E-state index < -0.39 is 0 Å². The smallest absolute Gasteiger partial charge is 0.0425 e. The van der Waals surface area contributed by atoms with Gasteiger partial charge < -0.3 is 0 Å². The third-order valence-corrected chi connectivity index (χ3v) is 5.35. The van der Waals surface area contributed by atoms with Crippen molar-refractivity contribution >= 4 is 0 Å². The molecule has 0 radical (unpaired) electrons. The molecule has 0 rings (SSSR count). The molecule has 3 N–H and O–H groups in total. The molecule has 0 aliphatic rings. The summed E-state index contributed by atoms with van der Waals surface area (Å²) in [6.45, 7) is 20.8. The van der Waals surface area contributed by atoms with Gasteiger partial charge in [-0.15, -0.1) is 0 Å². The van der Waals surface area contributed by atoms with Crippen LogP contribution in [0.2, 0.25) is 0 Å². The van der Waals surface area contributed by atoms with Crippen molar-refractivity contribution in [2.45, 2.75) is 67.9 Å². The topological polar surface area (TPSA) is 38.0 Å². The summed E-state index contributed by atoms with van der Waals surface area (Å²) in [4.78, 5) is 0. The molecule has 2 heteroatoms. The van der Waals surface area contributed by atoms with Crippen molar-refractivity contribution in [2.75, 3.05) is 0 Å². The Labute approximate surface area is 109 Å². The van der Waals surface area contributed by atoms with Gasteiger partial charge in [0.25, 0.3) is 0 Å². The summed E-state index contributed by atoms with van der Waals surface area (Å²) in [5.41, 5.74) is 3.36. The molecule has 0 aliphatic heterocycles. The normalized spacial score (nSPS) is 14.5. The molecule has 0 unspecified atom stereocenters. The van der Waals surface area contributed by atoms with Crippen LogP contribution in [0.25, 0.3) is 0 Å². The number of rotatable bonds is 6. The highest BCUT2D eigenvalue weighted by molar-refractivity contribution is 5.07. The summed E-state index contributed by atoms with van der Waals surface area (Å²) in [5, 5.41) is 0. The quantitative estimate of drug-likeness (QED) is 0.549. The van der Waals surface area contributed by atoms with Crippen LogP contribution in [0.15, 0.2) is 0 Å².